The van der Waals surface area contributed by atoms with Crippen LogP contribution in [0.2, 0.25) is 0 Å². The molecule has 2 saturated heterocycles. The molecule has 0 amide bonds. The Balaban J connectivity index is 1.69. The maximum absolute atomic E-state index is 12.5. The lowest BCUT2D eigenvalue weighted by Crippen LogP contribution is -2.61. The van der Waals surface area contributed by atoms with Gasteiger partial charge in [-0.25, -0.2) is 13.7 Å². The lowest BCUT2D eigenvalue weighted by molar-refractivity contribution is -0.292. The molecule has 7 unspecified atom stereocenters. The summed E-state index contributed by atoms with van der Waals surface area (Å²) in [5.74, 6) is 1.87. The van der Waals surface area contributed by atoms with Gasteiger partial charge in [0, 0.05) is 12.3 Å². The SMILES string of the molecule is C#C[C@@]1(O)[C@H](O)[C@@H](COP(O)(=S)OP(=O)(O)OC2OC([C@@H](O)CO)C(O)C(O)C2O)O[C@H]1n1ccc(=O)[nH]c1=O. The lowest BCUT2D eigenvalue weighted by Gasteiger charge is -2.41. The van der Waals surface area contributed by atoms with Crippen molar-refractivity contribution >= 4 is 26.3 Å². The van der Waals surface area contributed by atoms with E-state index in [4.69, 9.17) is 25.5 Å². The predicted molar refractivity (Wildman–Crippen MR) is 129 cm³/mol. The predicted octanol–water partition coefficient (Wildman–Crippen LogP) is -5.31. The van der Waals surface area contributed by atoms with Crippen molar-refractivity contribution in [3.63, 3.8) is 0 Å². The Hall–Kier alpha value is -1.44. The number of aliphatic hydroxyl groups excluding tert-OH is 6. The van der Waals surface area contributed by atoms with Gasteiger partial charge in [0.05, 0.1) is 13.2 Å². The van der Waals surface area contributed by atoms with Crippen LogP contribution < -0.4 is 11.2 Å². The van der Waals surface area contributed by atoms with Crippen molar-refractivity contribution in [3.05, 3.63) is 33.1 Å². The highest BCUT2D eigenvalue weighted by Gasteiger charge is 2.56. The zero-order valence-corrected chi connectivity index (χ0v) is 22.5. The van der Waals surface area contributed by atoms with Crippen LogP contribution >= 0.6 is 14.5 Å². The van der Waals surface area contributed by atoms with Gasteiger partial charge < -0.3 is 59.5 Å². The monoisotopic (exact) mass is 636 g/mol. The fraction of sp³-hybridized carbons (Fsp3) is 0.667. The van der Waals surface area contributed by atoms with Crippen molar-refractivity contribution in [2.45, 2.75) is 60.8 Å². The molecular formula is C18H26N2O17P2S. The van der Waals surface area contributed by atoms with E-state index < -0.39 is 99.9 Å². The van der Waals surface area contributed by atoms with E-state index in [9.17, 15) is 54.6 Å². The van der Waals surface area contributed by atoms with Crippen LogP contribution in [-0.2, 0) is 39.2 Å². The molecule has 0 radical (unpaired) electrons. The molecule has 1 aromatic rings. The molecule has 2 fully saturated rings. The van der Waals surface area contributed by atoms with Gasteiger partial charge in [-0.2, -0.15) is 0 Å². The van der Waals surface area contributed by atoms with Crippen LogP contribution in [0.25, 0.3) is 0 Å². The van der Waals surface area contributed by atoms with Crippen LogP contribution in [-0.4, -0.2) is 123 Å². The van der Waals surface area contributed by atoms with E-state index in [1.54, 1.807) is 0 Å². The van der Waals surface area contributed by atoms with E-state index in [0.29, 0.717) is 4.57 Å². The molecule has 10 N–H and O–H groups in total. The molecule has 3 rings (SSSR count). The quantitative estimate of drug-likeness (QED) is 0.0847. The van der Waals surface area contributed by atoms with Crippen LogP contribution in [0.3, 0.4) is 0 Å². The number of aromatic nitrogens is 2. The van der Waals surface area contributed by atoms with E-state index >= 15 is 0 Å². The van der Waals surface area contributed by atoms with E-state index in [1.165, 1.54) is 0 Å². The summed E-state index contributed by atoms with van der Waals surface area (Å²) in [4.78, 5) is 45.7. The highest BCUT2D eigenvalue weighted by atomic mass is 32.5. The average Bonchev–Trinajstić information content (AvgIpc) is 3.12. The van der Waals surface area contributed by atoms with Crippen molar-refractivity contribution < 1.29 is 72.9 Å². The molecule has 40 heavy (non-hydrogen) atoms. The Morgan fingerprint density at radius 3 is 2.42 bits per heavy atom. The van der Waals surface area contributed by atoms with Crippen LogP contribution in [0.1, 0.15) is 6.23 Å². The highest BCUT2D eigenvalue weighted by molar-refractivity contribution is 8.08. The number of H-pyrrole nitrogens is 1. The molecule has 19 nitrogen and oxygen atoms in total. The fourth-order valence-electron chi connectivity index (χ4n) is 3.80. The van der Waals surface area contributed by atoms with Crippen LogP contribution in [0.4, 0.5) is 0 Å². The van der Waals surface area contributed by atoms with Crippen molar-refractivity contribution in [1.29, 1.82) is 0 Å². The third-order valence-electron chi connectivity index (χ3n) is 5.84. The summed E-state index contributed by atoms with van der Waals surface area (Å²) in [6, 6.07) is 0.900. The first kappa shape index (κ1) is 33.1. The number of nitrogens with one attached hydrogen (secondary N) is 1. The molecule has 1 aromatic heterocycles. The number of hydrogen-bond acceptors (Lipinski definition) is 16. The zero-order chi connectivity index (χ0) is 30.2. The van der Waals surface area contributed by atoms with Gasteiger partial charge in [0.1, 0.15) is 42.7 Å². The van der Waals surface area contributed by atoms with E-state index in [2.05, 4.69) is 20.6 Å². The summed E-state index contributed by atoms with van der Waals surface area (Å²) in [5, 5.41) is 69.8. The van der Waals surface area contributed by atoms with Gasteiger partial charge in [-0.05, 0) is 11.8 Å². The number of aliphatic hydroxyl groups is 7. The molecule has 2 aliphatic heterocycles. The molecule has 0 spiro atoms. The number of aromatic amines is 1. The maximum Gasteiger partial charge on any atom is 0.481 e. The minimum Gasteiger partial charge on any atom is -0.394 e. The number of terminal acetylenes is 1. The first-order valence-electron chi connectivity index (χ1n) is 11.0. The van der Waals surface area contributed by atoms with Crippen molar-refractivity contribution in [1.82, 2.24) is 9.55 Å². The molecule has 2 aliphatic rings. The van der Waals surface area contributed by atoms with Gasteiger partial charge >= 0.3 is 20.2 Å². The normalized spacial score (nSPS) is 38.2. The number of ether oxygens (including phenoxy) is 2. The minimum atomic E-state index is -5.53. The van der Waals surface area contributed by atoms with Crippen LogP contribution in [0.15, 0.2) is 21.9 Å². The van der Waals surface area contributed by atoms with E-state index in [0.717, 1.165) is 12.3 Å². The van der Waals surface area contributed by atoms with Crippen LogP contribution in [0.5, 0.6) is 0 Å². The smallest absolute Gasteiger partial charge is 0.394 e. The van der Waals surface area contributed by atoms with Gasteiger partial charge in [0.2, 0.25) is 0 Å². The van der Waals surface area contributed by atoms with Gasteiger partial charge in [-0.1, -0.05) is 5.92 Å². The summed E-state index contributed by atoms with van der Waals surface area (Å²) >= 11 is 4.64. The number of hydrogen-bond donors (Lipinski definition) is 10. The van der Waals surface area contributed by atoms with Gasteiger partial charge in [0.25, 0.3) is 5.56 Å². The Labute approximate surface area is 228 Å². The Kier molecular flexibility index (Phi) is 10.3. The summed E-state index contributed by atoms with van der Waals surface area (Å²) in [6.45, 7) is -6.72. The second-order valence-electron chi connectivity index (χ2n) is 8.57. The number of phosphoric ester groups is 1. The lowest BCUT2D eigenvalue weighted by atomic mass is 9.95. The zero-order valence-electron chi connectivity index (χ0n) is 19.9. The van der Waals surface area contributed by atoms with Crippen molar-refractivity contribution in [2.24, 2.45) is 0 Å². The Bertz CT molecular complexity index is 1320. The number of phosphoric acid groups is 1. The third-order valence-corrected chi connectivity index (χ3v) is 9.35. The van der Waals surface area contributed by atoms with Crippen molar-refractivity contribution in [2.75, 3.05) is 13.2 Å². The first-order chi connectivity index (χ1) is 18.5. The highest BCUT2D eigenvalue weighted by Crippen LogP contribution is 2.62. The van der Waals surface area contributed by atoms with Gasteiger partial charge in [-0.3, -0.25) is 18.9 Å². The van der Waals surface area contributed by atoms with Crippen molar-refractivity contribution in [3.8, 4) is 12.3 Å². The van der Waals surface area contributed by atoms with Crippen LogP contribution in [0, 0.1) is 12.3 Å². The fourth-order valence-corrected chi connectivity index (χ4v) is 6.90. The van der Waals surface area contributed by atoms with Gasteiger partial charge in [-0.15, -0.1) is 6.42 Å². The second kappa shape index (κ2) is 12.4. The molecule has 0 aliphatic carbocycles. The topological polar surface area (TPSA) is 300 Å². The molecule has 22 heteroatoms. The Morgan fingerprint density at radius 1 is 1.20 bits per heavy atom. The molecule has 3 heterocycles. The molecule has 226 valence electrons. The van der Waals surface area contributed by atoms with E-state index in [-0.39, 0.29) is 0 Å². The molecule has 0 saturated carbocycles. The standard InChI is InChI=1S/C18H26N2O17P2S/c1-2-18(29)14(27)8(34-16(18)20-4-3-9(23)19-17(20)28)6-33-39(32,40)37-38(30,31)36-15-12(26)10(24)11(25)13(35-15)7(22)5-21/h1,3-4,7-8,10-16,21-22,24-27,29H,5-6H2,(H,30,31)(H,32,40)(H,19,23,28)/t7-,8+,10?,11?,12?,13?,14+,15?,16+,18+,39?/m0/s1. The summed E-state index contributed by atoms with van der Waals surface area (Å²) in [6.07, 6.45) is -11.3. The average molecular weight is 636 g/mol. The summed E-state index contributed by atoms with van der Waals surface area (Å²) < 4.78 is 37.4. The van der Waals surface area contributed by atoms with Gasteiger partial charge in [0.15, 0.2) is 18.1 Å². The molecule has 0 bridgehead atoms. The largest absolute Gasteiger partial charge is 0.481 e. The molecule has 12 atom stereocenters. The molecule has 0 aromatic carbocycles. The first-order valence-corrected chi connectivity index (χ1v) is 15.1. The van der Waals surface area contributed by atoms with E-state index in [1.807, 2.05) is 10.9 Å². The number of nitrogens with zero attached hydrogens (tertiary/aromatic N) is 1. The summed E-state index contributed by atoms with van der Waals surface area (Å²) in [7, 11) is -5.53. The Morgan fingerprint density at radius 2 is 1.85 bits per heavy atom. The minimum absolute atomic E-state index is 0.660. The second-order valence-corrected chi connectivity index (χ2v) is 13.0. The molecular weight excluding hydrogens is 610 g/mol. The maximum atomic E-state index is 12.5. The number of rotatable bonds is 10. The summed E-state index contributed by atoms with van der Waals surface area (Å²) in [5.41, 5.74) is -4.41. The third kappa shape index (κ3) is 6.95.